The van der Waals surface area contributed by atoms with Gasteiger partial charge in [0.1, 0.15) is 5.82 Å². The molecule has 5 nitrogen and oxygen atoms in total. The fourth-order valence-corrected chi connectivity index (χ4v) is 2.08. The molecule has 26 heavy (non-hydrogen) atoms. The molecule has 0 aliphatic heterocycles. The molecule has 0 radical (unpaired) electrons. The Morgan fingerprint density at radius 3 is 2.58 bits per heavy atom. The molecule has 0 spiro atoms. The van der Waals surface area contributed by atoms with Crippen molar-refractivity contribution in [1.29, 1.82) is 5.26 Å². The number of amides is 1. The van der Waals surface area contributed by atoms with E-state index in [2.05, 4.69) is 5.32 Å². The summed E-state index contributed by atoms with van der Waals surface area (Å²) in [4.78, 5) is 23.8. The number of rotatable bonds is 5. The molecular formula is C19H14ClFN2O3. The first-order valence-corrected chi connectivity index (χ1v) is 7.91. The Morgan fingerprint density at radius 1 is 1.27 bits per heavy atom. The molecule has 0 unspecified atom stereocenters. The lowest BCUT2D eigenvalue weighted by Gasteiger charge is -2.13. The lowest BCUT2D eigenvalue weighted by atomic mass is 10.1. The van der Waals surface area contributed by atoms with E-state index in [1.54, 1.807) is 24.3 Å². The van der Waals surface area contributed by atoms with E-state index >= 15 is 0 Å². The van der Waals surface area contributed by atoms with E-state index in [1.807, 2.05) is 6.07 Å². The Labute approximate surface area is 154 Å². The minimum atomic E-state index is -1.12. The molecule has 1 atom stereocenters. The molecule has 1 N–H and O–H groups in total. The van der Waals surface area contributed by atoms with Crippen molar-refractivity contribution in [2.45, 2.75) is 13.0 Å². The van der Waals surface area contributed by atoms with E-state index in [0.717, 1.165) is 12.1 Å². The van der Waals surface area contributed by atoms with Crippen molar-refractivity contribution in [3.05, 3.63) is 70.5 Å². The van der Waals surface area contributed by atoms with Gasteiger partial charge in [0.2, 0.25) is 0 Å². The number of carbonyl (C=O) groups is 2. The van der Waals surface area contributed by atoms with Gasteiger partial charge in [0, 0.05) is 11.1 Å². The van der Waals surface area contributed by atoms with Crippen molar-refractivity contribution in [3.8, 4) is 6.07 Å². The van der Waals surface area contributed by atoms with Gasteiger partial charge >= 0.3 is 5.97 Å². The molecule has 0 bridgehead atoms. The van der Waals surface area contributed by atoms with Crippen molar-refractivity contribution >= 4 is 35.2 Å². The third-order valence-corrected chi connectivity index (χ3v) is 3.54. The highest BCUT2D eigenvalue weighted by atomic mass is 35.5. The van der Waals surface area contributed by atoms with Crippen LogP contribution in [0.4, 0.5) is 10.1 Å². The largest absolute Gasteiger partial charge is 0.449 e. The van der Waals surface area contributed by atoms with Crippen molar-refractivity contribution in [3.63, 3.8) is 0 Å². The van der Waals surface area contributed by atoms with Crippen molar-refractivity contribution in [2.24, 2.45) is 0 Å². The van der Waals surface area contributed by atoms with E-state index in [0.29, 0.717) is 11.1 Å². The number of benzene rings is 2. The number of esters is 1. The van der Waals surface area contributed by atoms with Crippen molar-refractivity contribution < 1.29 is 18.7 Å². The van der Waals surface area contributed by atoms with Gasteiger partial charge in [0.25, 0.3) is 5.91 Å². The molecule has 0 aliphatic carbocycles. The van der Waals surface area contributed by atoms with Crippen molar-refractivity contribution in [2.75, 3.05) is 5.32 Å². The first kappa shape index (κ1) is 19.2. The highest BCUT2D eigenvalue weighted by Crippen LogP contribution is 2.19. The maximum absolute atomic E-state index is 13.7. The molecule has 0 aliphatic rings. The summed E-state index contributed by atoms with van der Waals surface area (Å²) in [6, 6.07) is 12.4. The standard InChI is InChI=1S/C19H14ClFN2O3/c1-12(19(25)23-17-8-7-15(20)10-16(17)21)26-18(24)9-6-13-2-4-14(11-22)5-3-13/h2-10,12H,1H3,(H,23,25)/b9-6+/t12-/m1/s1. The predicted octanol–water partition coefficient (Wildman–Crippen LogP) is 3.93. The molecule has 0 saturated carbocycles. The number of carbonyl (C=O) groups excluding carboxylic acids is 2. The average molecular weight is 373 g/mol. The highest BCUT2D eigenvalue weighted by Gasteiger charge is 2.18. The number of nitriles is 1. The Hall–Kier alpha value is -3.17. The highest BCUT2D eigenvalue weighted by molar-refractivity contribution is 6.30. The maximum Gasteiger partial charge on any atom is 0.331 e. The van der Waals surface area contributed by atoms with Crippen LogP contribution in [0, 0.1) is 17.1 Å². The normalized spacial score (nSPS) is 11.6. The van der Waals surface area contributed by atoms with Crippen LogP contribution in [0.1, 0.15) is 18.1 Å². The number of ether oxygens (including phenoxy) is 1. The number of nitrogens with one attached hydrogen (secondary N) is 1. The first-order chi connectivity index (χ1) is 12.4. The molecule has 132 valence electrons. The Bertz CT molecular complexity index is 889. The summed E-state index contributed by atoms with van der Waals surface area (Å²) < 4.78 is 18.6. The SMILES string of the molecule is C[C@@H](OC(=O)/C=C/c1ccc(C#N)cc1)C(=O)Nc1ccc(Cl)cc1F. The second-order valence-corrected chi connectivity index (χ2v) is 5.70. The van der Waals surface area contributed by atoms with Gasteiger partial charge in [-0.05, 0) is 48.9 Å². The van der Waals surface area contributed by atoms with Gasteiger partial charge in [-0.15, -0.1) is 0 Å². The van der Waals surface area contributed by atoms with E-state index in [4.69, 9.17) is 21.6 Å². The van der Waals surface area contributed by atoms with Crippen LogP contribution < -0.4 is 5.32 Å². The molecule has 2 aromatic rings. The van der Waals surface area contributed by atoms with Crippen LogP contribution in [0.3, 0.4) is 0 Å². The molecule has 0 aromatic heterocycles. The van der Waals surface area contributed by atoms with E-state index < -0.39 is 23.8 Å². The topological polar surface area (TPSA) is 79.2 Å². The van der Waals surface area contributed by atoms with Crippen LogP contribution in [0.25, 0.3) is 6.08 Å². The zero-order valence-electron chi connectivity index (χ0n) is 13.7. The average Bonchev–Trinajstić information content (AvgIpc) is 2.62. The zero-order valence-corrected chi connectivity index (χ0v) is 14.5. The second kappa shape index (κ2) is 8.79. The van der Waals surface area contributed by atoms with Crippen LogP contribution >= 0.6 is 11.6 Å². The molecule has 0 fully saturated rings. The lowest BCUT2D eigenvalue weighted by Crippen LogP contribution is -2.29. The number of hydrogen-bond donors (Lipinski definition) is 1. The molecule has 2 rings (SSSR count). The Morgan fingerprint density at radius 2 is 1.96 bits per heavy atom. The zero-order chi connectivity index (χ0) is 19.1. The molecule has 7 heteroatoms. The number of anilines is 1. The maximum atomic E-state index is 13.7. The van der Waals surface area contributed by atoms with E-state index in [-0.39, 0.29) is 10.7 Å². The Kier molecular flexibility index (Phi) is 6.48. The Balaban J connectivity index is 1.91. The minimum absolute atomic E-state index is 0.0598. The summed E-state index contributed by atoms with van der Waals surface area (Å²) >= 11 is 5.64. The fraction of sp³-hybridized carbons (Fsp3) is 0.105. The number of hydrogen-bond acceptors (Lipinski definition) is 4. The quantitative estimate of drug-likeness (QED) is 0.637. The third kappa shape index (κ3) is 5.43. The van der Waals surface area contributed by atoms with Crippen LogP contribution in [0.2, 0.25) is 5.02 Å². The molecule has 0 saturated heterocycles. The number of halogens is 2. The molecule has 2 aromatic carbocycles. The van der Waals surface area contributed by atoms with Gasteiger partial charge < -0.3 is 10.1 Å². The molecular weight excluding hydrogens is 359 g/mol. The second-order valence-electron chi connectivity index (χ2n) is 5.26. The van der Waals surface area contributed by atoms with Gasteiger partial charge in [-0.3, -0.25) is 4.79 Å². The summed E-state index contributed by atoms with van der Waals surface area (Å²) in [5.41, 5.74) is 1.14. The minimum Gasteiger partial charge on any atom is -0.449 e. The van der Waals surface area contributed by atoms with Crippen LogP contribution in [0.5, 0.6) is 0 Å². The van der Waals surface area contributed by atoms with Crippen LogP contribution in [0.15, 0.2) is 48.5 Å². The van der Waals surface area contributed by atoms with Crippen molar-refractivity contribution in [1.82, 2.24) is 0 Å². The van der Waals surface area contributed by atoms with Gasteiger partial charge in [-0.25, -0.2) is 9.18 Å². The first-order valence-electron chi connectivity index (χ1n) is 7.54. The van der Waals surface area contributed by atoms with E-state index in [1.165, 1.54) is 25.1 Å². The summed E-state index contributed by atoms with van der Waals surface area (Å²) in [6.07, 6.45) is 1.53. The van der Waals surface area contributed by atoms with Crippen LogP contribution in [-0.2, 0) is 14.3 Å². The van der Waals surface area contributed by atoms with Gasteiger partial charge in [0.15, 0.2) is 6.10 Å². The van der Waals surface area contributed by atoms with Gasteiger partial charge in [-0.2, -0.15) is 5.26 Å². The third-order valence-electron chi connectivity index (χ3n) is 3.30. The van der Waals surface area contributed by atoms with E-state index in [9.17, 15) is 14.0 Å². The fourth-order valence-electron chi connectivity index (χ4n) is 1.93. The lowest BCUT2D eigenvalue weighted by molar-refractivity contribution is -0.148. The van der Waals surface area contributed by atoms with Crippen LogP contribution in [-0.4, -0.2) is 18.0 Å². The molecule has 1 amide bonds. The predicted molar refractivity (Wildman–Crippen MR) is 95.8 cm³/mol. The summed E-state index contributed by atoms with van der Waals surface area (Å²) in [5, 5.41) is 11.3. The summed E-state index contributed by atoms with van der Waals surface area (Å²) in [6.45, 7) is 1.37. The monoisotopic (exact) mass is 372 g/mol. The molecule has 0 heterocycles. The van der Waals surface area contributed by atoms with Gasteiger partial charge in [0.05, 0.1) is 17.3 Å². The van der Waals surface area contributed by atoms with Gasteiger partial charge in [-0.1, -0.05) is 23.7 Å². The smallest absolute Gasteiger partial charge is 0.331 e. The summed E-state index contributed by atoms with van der Waals surface area (Å²) in [5.74, 6) is -2.09. The summed E-state index contributed by atoms with van der Waals surface area (Å²) in [7, 11) is 0. The number of nitrogens with zero attached hydrogens (tertiary/aromatic N) is 1.